The molecule has 17 heavy (non-hydrogen) atoms. The number of nitrogens with one attached hydrogen (secondary N) is 1. The monoisotopic (exact) mass is 301 g/mol. The van der Waals surface area contributed by atoms with Crippen LogP contribution in [0.1, 0.15) is 26.3 Å². The van der Waals surface area contributed by atoms with Crippen molar-refractivity contribution in [2.45, 2.75) is 33.7 Å². The summed E-state index contributed by atoms with van der Waals surface area (Å²) >= 11 is 3.49. The topological polar surface area (TPSA) is 47.0 Å². The van der Waals surface area contributed by atoms with Crippen LogP contribution in [-0.2, 0) is 0 Å². The molecule has 1 aromatic rings. The second-order valence-electron chi connectivity index (χ2n) is 4.15. The predicted molar refractivity (Wildman–Crippen MR) is 74.0 cm³/mol. The fourth-order valence-electron chi connectivity index (χ4n) is 1.35. The molecule has 0 fully saturated rings. The van der Waals surface area contributed by atoms with E-state index in [2.05, 4.69) is 45.1 Å². The van der Waals surface area contributed by atoms with E-state index in [-0.39, 0.29) is 0 Å². The van der Waals surface area contributed by atoms with Crippen LogP contribution < -0.4 is 10.1 Å². The minimum Gasteiger partial charge on any atom is -0.478 e. The van der Waals surface area contributed by atoms with Gasteiger partial charge in [-0.3, -0.25) is 0 Å². The molecule has 0 saturated carbocycles. The highest BCUT2D eigenvalue weighted by molar-refractivity contribution is 9.09. The van der Waals surface area contributed by atoms with Gasteiger partial charge in [0.05, 0.1) is 12.2 Å². The third kappa shape index (κ3) is 3.84. The molecular formula is C12H20BrN3O. The first-order valence-electron chi connectivity index (χ1n) is 5.87. The highest BCUT2D eigenvalue weighted by Gasteiger charge is 2.14. The Kier molecular flexibility index (Phi) is 5.68. The first-order chi connectivity index (χ1) is 8.10. The normalized spacial score (nSPS) is 14.2. The van der Waals surface area contributed by atoms with Gasteiger partial charge >= 0.3 is 0 Å². The maximum Gasteiger partial charge on any atom is 0.221 e. The molecule has 0 aliphatic carbocycles. The van der Waals surface area contributed by atoms with Crippen molar-refractivity contribution in [3.8, 4) is 5.88 Å². The van der Waals surface area contributed by atoms with Gasteiger partial charge < -0.3 is 10.1 Å². The first-order valence-corrected chi connectivity index (χ1v) is 6.99. The second-order valence-corrected chi connectivity index (χ2v) is 4.80. The zero-order valence-electron chi connectivity index (χ0n) is 10.8. The Hall–Kier alpha value is -0.840. The molecule has 2 atom stereocenters. The third-order valence-electron chi connectivity index (χ3n) is 2.78. The van der Waals surface area contributed by atoms with Crippen LogP contribution >= 0.6 is 15.9 Å². The van der Waals surface area contributed by atoms with Crippen LogP contribution in [0.5, 0.6) is 5.88 Å². The highest BCUT2D eigenvalue weighted by Crippen LogP contribution is 2.22. The van der Waals surface area contributed by atoms with Gasteiger partial charge in [0.15, 0.2) is 0 Å². The van der Waals surface area contributed by atoms with Gasteiger partial charge in [0.25, 0.3) is 0 Å². The summed E-state index contributed by atoms with van der Waals surface area (Å²) in [6.07, 6.45) is 1.53. The van der Waals surface area contributed by atoms with Gasteiger partial charge in [-0.2, -0.15) is 0 Å². The summed E-state index contributed by atoms with van der Waals surface area (Å²) < 4.78 is 5.45. The number of hydrogen-bond acceptors (Lipinski definition) is 4. The van der Waals surface area contributed by atoms with Gasteiger partial charge in [0, 0.05) is 11.4 Å². The number of alkyl halides is 1. The minimum absolute atomic E-state index is 0.345. The Balaban J connectivity index is 2.80. The molecule has 0 aromatic carbocycles. The lowest BCUT2D eigenvalue weighted by molar-refractivity contribution is 0.323. The number of rotatable bonds is 6. The Morgan fingerprint density at radius 3 is 2.71 bits per heavy atom. The highest BCUT2D eigenvalue weighted by atomic mass is 79.9. The third-order valence-corrected chi connectivity index (χ3v) is 3.80. The number of halogens is 1. The van der Waals surface area contributed by atoms with E-state index < -0.39 is 0 Å². The fourth-order valence-corrected chi connectivity index (χ4v) is 1.91. The number of hydrogen-bond donors (Lipinski definition) is 1. The van der Waals surface area contributed by atoms with E-state index in [1.807, 2.05) is 13.8 Å². The molecule has 0 radical (unpaired) electrons. The molecule has 0 aliphatic rings. The molecule has 4 nitrogen and oxygen atoms in total. The molecule has 0 saturated heterocycles. The largest absolute Gasteiger partial charge is 0.478 e. The predicted octanol–water partition coefficient (Wildman–Crippen LogP) is 3.02. The van der Waals surface area contributed by atoms with Gasteiger partial charge in [0.1, 0.15) is 12.1 Å². The smallest absolute Gasteiger partial charge is 0.221 e. The Labute approximate surface area is 111 Å². The van der Waals surface area contributed by atoms with Crippen molar-refractivity contribution in [3.63, 3.8) is 0 Å². The molecule has 0 spiro atoms. The van der Waals surface area contributed by atoms with Crippen LogP contribution in [0, 0.1) is 12.8 Å². The summed E-state index contributed by atoms with van der Waals surface area (Å²) in [5.74, 6) is 2.03. The molecule has 1 N–H and O–H groups in total. The molecule has 0 amide bonds. The maximum absolute atomic E-state index is 5.45. The zero-order chi connectivity index (χ0) is 12.8. The lowest BCUT2D eigenvalue weighted by Crippen LogP contribution is -2.25. The van der Waals surface area contributed by atoms with Gasteiger partial charge in [-0.25, -0.2) is 9.97 Å². The van der Waals surface area contributed by atoms with Crippen LogP contribution in [0.3, 0.4) is 0 Å². The van der Waals surface area contributed by atoms with Crippen LogP contribution in [0.15, 0.2) is 6.33 Å². The zero-order valence-corrected chi connectivity index (χ0v) is 12.4. The number of aromatic nitrogens is 2. The van der Waals surface area contributed by atoms with Crippen LogP contribution in [0.25, 0.3) is 0 Å². The molecule has 1 aromatic heterocycles. The minimum atomic E-state index is 0.345. The second kappa shape index (κ2) is 6.79. The van der Waals surface area contributed by atoms with Gasteiger partial charge in [-0.15, -0.1) is 0 Å². The summed E-state index contributed by atoms with van der Waals surface area (Å²) in [6.45, 7) is 8.87. The van der Waals surface area contributed by atoms with Crippen LogP contribution in [0.4, 0.5) is 5.82 Å². The lowest BCUT2D eigenvalue weighted by Gasteiger charge is -2.21. The van der Waals surface area contributed by atoms with Gasteiger partial charge in [-0.05, 0) is 26.7 Å². The summed E-state index contributed by atoms with van der Waals surface area (Å²) in [6, 6.07) is 0.345. The Bertz CT molecular complexity index is 360. The van der Waals surface area contributed by atoms with E-state index >= 15 is 0 Å². The first kappa shape index (κ1) is 14.2. The SMILES string of the molecule is CCOc1ncnc(NC(C)C(C)CBr)c1C. The summed E-state index contributed by atoms with van der Waals surface area (Å²) in [4.78, 5) is 8.38. The summed E-state index contributed by atoms with van der Waals surface area (Å²) in [7, 11) is 0. The molecule has 0 aliphatic heterocycles. The van der Waals surface area contributed by atoms with Crippen LogP contribution in [0.2, 0.25) is 0 Å². The van der Waals surface area contributed by atoms with Crippen molar-refractivity contribution in [1.29, 1.82) is 0 Å². The van der Waals surface area contributed by atoms with E-state index in [1.165, 1.54) is 6.33 Å². The lowest BCUT2D eigenvalue weighted by atomic mass is 10.1. The van der Waals surface area contributed by atoms with Gasteiger partial charge in [0.2, 0.25) is 5.88 Å². The molecule has 5 heteroatoms. The van der Waals surface area contributed by atoms with Crippen LogP contribution in [-0.4, -0.2) is 27.9 Å². The molecule has 1 rings (SSSR count). The quantitative estimate of drug-likeness (QED) is 0.821. The summed E-state index contributed by atoms with van der Waals surface area (Å²) in [5, 5.41) is 4.36. The van der Waals surface area contributed by atoms with E-state index in [4.69, 9.17) is 4.74 Å². The van der Waals surface area contributed by atoms with Crippen molar-refractivity contribution >= 4 is 21.7 Å². The van der Waals surface area contributed by atoms with E-state index in [1.54, 1.807) is 0 Å². The maximum atomic E-state index is 5.45. The fraction of sp³-hybridized carbons (Fsp3) is 0.667. The van der Waals surface area contributed by atoms with E-state index in [9.17, 15) is 0 Å². The molecule has 2 unspecified atom stereocenters. The number of ether oxygens (including phenoxy) is 1. The molecular weight excluding hydrogens is 282 g/mol. The molecule has 96 valence electrons. The van der Waals surface area contributed by atoms with Crippen molar-refractivity contribution in [1.82, 2.24) is 9.97 Å². The Morgan fingerprint density at radius 1 is 1.41 bits per heavy atom. The van der Waals surface area contributed by atoms with E-state index in [0.29, 0.717) is 24.4 Å². The van der Waals surface area contributed by atoms with Crippen molar-refractivity contribution in [2.24, 2.45) is 5.92 Å². The van der Waals surface area contributed by atoms with Crippen molar-refractivity contribution in [3.05, 3.63) is 11.9 Å². The molecule has 1 heterocycles. The van der Waals surface area contributed by atoms with E-state index in [0.717, 1.165) is 16.7 Å². The molecule has 0 bridgehead atoms. The standard InChI is InChI=1S/C12H20BrN3O/c1-5-17-12-9(3)11(14-7-15-12)16-10(4)8(2)6-13/h7-8,10H,5-6H2,1-4H3,(H,14,15,16). The summed E-state index contributed by atoms with van der Waals surface area (Å²) in [5.41, 5.74) is 0.961. The van der Waals surface area contributed by atoms with Gasteiger partial charge in [-0.1, -0.05) is 22.9 Å². The average Bonchev–Trinajstić information content (AvgIpc) is 2.33. The number of anilines is 1. The number of nitrogens with zero attached hydrogens (tertiary/aromatic N) is 2. The van der Waals surface area contributed by atoms with Crippen molar-refractivity contribution in [2.75, 3.05) is 17.3 Å². The average molecular weight is 302 g/mol. The Morgan fingerprint density at radius 2 is 2.12 bits per heavy atom. The van der Waals surface area contributed by atoms with Crippen molar-refractivity contribution < 1.29 is 4.74 Å².